The fourth-order valence-corrected chi connectivity index (χ4v) is 2.73. The minimum absolute atomic E-state index is 0.0230. The number of carbonyl (C=O) groups is 1. The van der Waals surface area contributed by atoms with E-state index in [1.54, 1.807) is 24.5 Å². The molecule has 1 aromatic carbocycles. The Balaban J connectivity index is 1.68. The minimum atomic E-state index is -3.38. The summed E-state index contributed by atoms with van der Waals surface area (Å²) in [6, 6.07) is 9.33. The van der Waals surface area contributed by atoms with E-state index in [1.807, 2.05) is 0 Å². The van der Waals surface area contributed by atoms with Gasteiger partial charge in [0.2, 0.25) is 11.7 Å². The summed E-state index contributed by atoms with van der Waals surface area (Å²) in [4.78, 5) is 20.4. The molecule has 3 aromatic rings. The van der Waals surface area contributed by atoms with Crippen LogP contribution < -0.4 is 5.32 Å². The van der Waals surface area contributed by atoms with Crippen LogP contribution in [0.3, 0.4) is 0 Å². The van der Waals surface area contributed by atoms with E-state index in [4.69, 9.17) is 4.52 Å². The van der Waals surface area contributed by atoms with Crippen molar-refractivity contribution in [1.82, 2.24) is 20.4 Å². The Kier molecular flexibility index (Phi) is 4.57. The lowest BCUT2D eigenvalue weighted by atomic mass is 10.2. The number of benzene rings is 1. The Labute approximate surface area is 143 Å². The van der Waals surface area contributed by atoms with Crippen LogP contribution in [0.2, 0.25) is 0 Å². The Morgan fingerprint density at radius 1 is 1.24 bits per heavy atom. The predicted octanol–water partition coefficient (Wildman–Crippen LogP) is 1.47. The Bertz CT molecular complexity index is 1000. The first-order valence-electron chi connectivity index (χ1n) is 7.25. The molecule has 0 fully saturated rings. The highest BCUT2D eigenvalue weighted by Gasteiger charge is 2.13. The number of sulfone groups is 1. The third kappa shape index (κ3) is 4.07. The van der Waals surface area contributed by atoms with Crippen LogP contribution in [0.1, 0.15) is 16.2 Å². The van der Waals surface area contributed by atoms with Crippen LogP contribution in [0.25, 0.3) is 11.4 Å². The van der Waals surface area contributed by atoms with Crippen molar-refractivity contribution in [3.63, 3.8) is 0 Å². The molecular weight excluding hydrogens is 344 g/mol. The van der Waals surface area contributed by atoms with Crippen LogP contribution in [-0.4, -0.2) is 35.7 Å². The van der Waals surface area contributed by atoms with Gasteiger partial charge in [-0.05, 0) is 30.3 Å². The largest absolute Gasteiger partial charge is 0.343 e. The van der Waals surface area contributed by atoms with E-state index >= 15 is 0 Å². The van der Waals surface area contributed by atoms with Gasteiger partial charge < -0.3 is 9.84 Å². The molecule has 0 aliphatic heterocycles. The summed E-state index contributed by atoms with van der Waals surface area (Å²) in [5.41, 5.74) is 0.930. The topological polar surface area (TPSA) is 115 Å². The van der Waals surface area contributed by atoms with Gasteiger partial charge >= 0.3 is 0 Å². The maximum absolute atomic E-state index is 12.2. The number of nitrogens with one attached hydrogen (secondary N) is 1. The van der Waals surface area contributed by atoms with Gasteiger partial charge in [-0.1, -0.05) is 11.2 Å². The molecule has 0 saturated carbocycles. The highest BCUT2D eigenvalue weighted by atomic mass is 32.2. The standard InChI is InChI=1S/C16H14N4O4S/c1-25(22,23)13-6-2-4-11(8-13)16(21)18-10-14-19-15(20-24-14)12-5-3-7-17-9-12/h2-9H,10H2,1H3,(H,18,21). The molecule has 3 rings (SSSR count). The van der Waals surface area contributed by atoms with E-state index in [2.05, 4.69) is 20.4 Å². The van der Waals surface area contributed by atoms with Crippen molar-refractivity contribution < 1.29 is 17.7 Å². The second-order valence-electron chi connectivity index (χ2n) is 5.24. The third-order valence-corrected chi connectivity index (χ3v) is 4.42. The van der Waals surface area contributed by atoms with Crippen LogP contribution >= 0.6 is 0 Å². The van der Waals surface area contributed by atoms with Gasteiger partial charge in [-0.15, -0.1) is 0 Å². The third-order valence-electron chi connectivity index (χ3n) is 3.31. The zero-order valence-electron chi connectivity index (χ0n) is 13.2. The van der Waals surface area contributed by atoms with Gasteiger partial charge in [0.05, 0.1) is 11.4 Å². The first-order valence-corrected chi connectivity index (χ1v) is 9.14. The van der Waals surface area contributed by atoms with Gasteiger partial charge in [0.25, 0.3) is 5.91 Å². The normalized spacial score (nSPS) is 11.2. The molecule has 0 aliphatic rings. The van der Waals surface area contributed by atoms with E-state index in [0.29, 0.717) is 11.4 Å². The molecule has 1 amide bonds. The number of hydrogen-bond acceptors (Lipinski definition) is 7. The summed E-state index contributed by atoms with van der Waals surface area (Å²) >= 11 is 0. The van der Waals surface area contributed by atoms with E-state index in [0.717, 1.165) is 6.26 Å². The molecule has 2 heterocycles. The minimum Gasteiger partial charge on any atom is -0.343 e. The molecule has 2 aromatic heterocycles. The van der Waals surface area contributed by atoms with E-state index in [1.165, 1.54) is 24.3 Å². The van der Waals surface area contributed by atoms with Crippen molar-refractivity contribution in [2.24, 2.45) is 0 Å². The van der Waals surface area contributed by atoms with Crippen molar-refractivity contribution in [3.05, 3.63) is 60.2 Å². The molecule has 0 aliphatic carbocycles. The zero-order chi connectivity index (χ0) is 17.9. The molecule has 25 heavy (non-hydrogen) atoms. The number of pyridine rings is 1. The molecule has 0 saturated heterocycles. The van der Waals surface area contributed by atoms with Crippen molar-refractivity contribution in [1.29, 1.82) is 0 Å². The maximum Gasteiger partial charge on any atom is 0.251 e. The second kappa shape index (κ2) is 6.81. The summed E-state index contributed by atoms with van der Waals surface area (Å²) in [7, 11) is -3.38. The SMILES string of the molecule is CS(=O)(=O)c1cccc(C(=O)NCc2nc(-c3cccnc3)no2)c1. The van der Waals surface area contributed by atoms with Gasteiger partial charge in [-0.25, -0.2) is 8.42 Å². The number of hydrogen-bond donors (Lipinski definition) is 1. The Hall–Kier alpha value is -3.07. The zero-order valence-corrected chi connectivity index (χ0v) is 14.0. The molecule has 9 heteroatoms. The Morgan fingerprint density at radius 2 is 2.08 bits per heavy atom. The fourth-order valence-electron chi connectivity index (χ4n) is 2.06. The number of rotatable bonds is 5. The average Bonchev–Trinajstić information content (AvgIpc) is 3.09. The lowest BCUT2D eigenvalue weighted by Gasteiger charge is -2.04. The van der Waals surface area contributed by atoms with Gasteiger partial charge in [-0.3, -0.25) is 9.78 Å². The summed E-state index contributed by atoms with van der Waals surface area (Å²) in [5, 5.41) is 6.44. The molecule has 1 N–H and O–H groups in total. The van der Waals surface area contributed by atoms with Crippen LogP contribution in [0.4, 0.5) is 0 Å². The first-order chi connectivity index (χ1) is 11.9. The van der Waals surface area contributed by atoms with E-state index in [9.17, 15) is 13.2 Å². The molecule has 0 unspecified atom stereocenters. The fraction of sp³-hybridized carbons (Fsp3) is 0.125. The quantitative estimate of drug-likeness (QED) is 0.734. The van der Waals surface area contributed by atoms with Gasteiger partial charge in [0.15, 0.2) is 9.84 Å². The van der Waals surface area contributed by atoms with Crippen LogP contribution in [-0.2, 0) is 16.4 Å². The molecule has 0 bridgehead atoms. The molecular formula is C16H14N4O4S. The summed E-state index contributed by atoms with van der Waals surface area (Å²) < 4.78 is 28.2. The lowest BCUT2D eigenvalue weighted by Crippen LogP contribution is -2.23. The van der Waals surface area contributed by atoms with Crippen molar-refractivity contribution >= 4 is 15.7 Å². The molecule has 128 valence electrons. The smallest absolute Gasteiger partial charge is 0.251 e. The van der Waals surface area contributed by atoms with Crippen LogP contribution in [0.5, 0.6) is 0 Å². The molecule has 0 atom stereocenters. The van der Waals surface area contributed by atoms with Crippen LogP contribution in [0, 0.1) is 0 Å². The monoisotopic (exact) mass is 358 g/mol. The highest BCUT2D eigenvalue weighted by molar-refractivity contribution is 7.90. The van der Waals surface area contributed by atoms with E-state index in [-0.39, 0.29) is 22.9 Å². The van der Waals surface area contributed by atoms with Crippen LogP contribution in [0.15, 0.2) is 58.2 Å². The van der Waals surface area contributed by atoms with Gasteiger partial charge in [-0.2, -0.15) is 4.98 Å². The molecule has 8 nitrogen and oxygen atoms in total. The lowest BCUT2D eigenvalue weighted by molar-refractivity contribution is 0.0946. The predicted molar refractivity (Wildman–Crippen MR) is 88.3 cm³/mol. The van der Waals surface area contributed by atoms with Crippen molar-refractivity contribution in [3.8, 4) is 11.4 Å². The summed E-state index contributed by atoms with van der Waals surface area (Å²) in [5.74, 6) is 0.162. The van der Waals surface area contributed by atoms with E-state index < -0.39 is 15.7 Å². The molecule has 0 spiro atoms. The summed E-state index contributed by atoms with van der Waals surface area (Å²) in [6.45, 7) is 0.0230. The number of aromatic nitrogens is 3. The van der Waals surface area contributed by atoms with Crippen molar-refractivity contribution in [2.75, 3.05) is 6.26 Å². The van der Waals surface area contributed by atoms with Crippen molar-refractivity contribution in [2.45, 2.75) is 11.4 Å². The molecule has 0 radical (unpaired) electrons. The summed E-state index contributed by atoms with van der Waals surface area (Å²) in [6.07, 6.45) is 4.32. The number of nitrogens with zero attached hydrogens (tertiary/aromatic N) is 3. The number of amides is 1. The van der Waals surface area contributed by atoms with Gasteiger partial charge in [0.1, 0.15) is 0 Å². The number of carbonyl (C=O) groups excluding carboxylic acids is 1. The Morgan fingerprint density at radius 3 is 2.80 bits per heavy atom. The van der Waals surface area contributed by atoms with Gasteiger partial charge in [0, 0.05) is 29.8 Å². The average molecular weight is 358 g/mol. The maximum atomic E-state index is 12.2. The second-order valence-corrected chi connectivity index (χ2v) is 7.25. The highest BCUT2D eigenvalue weighted by Crippen LogP contribution is 2.14. The first kappa shape index (κ1) is 16.8.